The molecule has 1 unspecified atom stereocenters. The monoisotopic (exact) mass is 261 g/mol. The highest BCUT2D eigenvalue weighted by molar-refractivity contribution is 7.85. The molecule has 0 aliphatic heterocycles. The molecule has 1 aromatic carbocycles. The van der Waals surface area contributed by atoms with Crippen LogP contribution in [-0.4, -0.2) is 20.3 Å². The van der Waals surface area contributed by atoms with Gasteiger partial charge in [0.15, 0.2) is 0 Å². The summed E-state index contributed by atoms with van der Waals surface area (Å²) in [6, 6.07) is 10.7. The van der Waals surface area contributed by atoms with E-state index in [0.717, 1.165) is 0 Å². The highest BCUT2D eigenvalue weighted by atomic mass is 32.2. The van der Waals surface area contributed by atoms with E-state index in [-0.39, 0.29) is 5.78 Å². The summed E-state index contributed by atoms with van der Waals surface area (Å²) in [5.41, 5.74) is 1.13. The number of ketones is 1. The van der Waals surface area contributed by atoms with E-state index in [9.17, 15) is 9.00 Å². The quantitative estimate of drug-likeness (QED) is 0.793. The molecule has 2 rings (SSSR count). The highest BCUT2D eigenvalue weighted by Gasteiger charge is 2.17. The molecule has 4 heteroatoms. The van der Waals surface area contributed by atoms with Crippen LogP contribution in [0.15, 0.2) is 47.5 Å². The zero-order valence-corrected chi connectivity index (χ0v) is 11.2. The molecule has 0 radical (unpaired) electrons. The first-order valence-corrected chi connectivity index (χ1v) is 7.10. The van der Waals surface area contributed by atoms with E-state index in [1.54, 1.807) is 28.8 Å². The lowest BCUT2D eigenvalue weighted by Crippen LogP contribution is -2.10. The van der Waals surface area contributed by atoms with Gasteiger partial charge < -0.3 is 4.57 Å². The van der Waals surface area contributed by atoms with Gasteiger partial charge in [-0.1, -0.05) is 19.1 Å². The Hall–Kier alpha value is -1.68. The minimum atomic E-state index is -1.12. The lowest BCUT2D eigenvalue weighted by Gasteiger charge is -2.08. The third kappa shape index (κ3) is 2.29. The van der Waals surface area contributed by atoms with Gasteiger partial charge in [-0.05, 0) is 24.3 Å². The third-order valence-electron chi connectivity index (χ3n) is 2.82. The van der Waals surface area contributed by atoms with Gasteiger partial charge in [-0.15, -0.1) is 0 Å². The van der Waals surface area contributed by atoms with E-state index in [0.29, 0.717) is 21.9 Å². The summed E-state index contributed by atoms with van der Waals surface area (Å²) in [4.78, 5) is 13.0. The van der Waals surface area contributed by atoms with E-state index < -0.39 is 10.8 Å². The predicted molar refractivity (Wildman–Crippen MR) is 72.2 cm³/mol. The molecular formula is C14H15NO2S. The number of carbonyl (C=O) groups is 1. The van der Waals surface area contributed by atoms with Crippen molar-refractivity contribution in [1.82, 2.24) is 4.57 Å². The molecule has 0 fully saturated rings. The summed E-state index contributed by atoms with van der Waals surface area (Å²) in [6.07, 6.45) is 1.83. The first-order valence-electron chi connectivity index (χ1n) is 5.78. The van der Waals surface area contributed by atoms with Gasteiger partial charge in [0.25, 0.3) is 0 Å². The van der Waals surface area contributed by atoms with E-state index in [2.05, 4.69) is 0 Å². The highest BCUT2D eigenvalue weighted by Crippen LogP contribution is 2.18. The van der Waals surface area contributed by atoms with Crippen LogP contribution in [0.25, 0.3) is 0 Å². The maximum atomic E-state index is 12.4. The molecule has 3 nitrogen and oxygen atoms in total. The normalized spacial score (nSPS) is 12.3. The summed E-state index contributed by atoms with van der Waals surface area (Å²) in [7, 11) is 0.705. The van der Waals surface area contributed by atoms with Crippen molar-refractivity contribution in [2.24, 2.45) is 7.05 Å². The second-order valence-corrected chi connectivity index (χ2v) is 5.67. The first-order chi connectivity index (χ1) is 8.65. The van der Waals surface area contributed by atoms with Crippen molar-refractivity contribution in [2.75, 3.05) is 5.75 Å². The minimum Gasteiger partial charge on any atom is -0.348 e. The van der Waals surface area contributed by atoms with Gasteiger partial charge in [-0.2, -0.15) is 0 Å². The van der Waals surface area contributed by atoms with Crippen LogP contribution in [0.2, 0.25) is 0 Å². The zero-order valence-electron chi connectivity index (χ0n) is 10.4. The van der Waals surface area contributed by atoms with E-state index in [1.807, 2.05) is 32.3 Å². The molecular weight excluding hydrogens is 246 g/mol. The van der Waals surface area contributed by atoms with Crippen molar-refractivity contribution in [3.63, 3.8) is 0 Å². The van der Waals surface area contributed by atoms with Crippen LogP contribution < -0.4 is 0 Å². The standard InChI is InChI=1S/C14H15NO2S/c1-3-18(17)13-9-5-4-7-11(13)14(16)12-8-6-10-15(12)2/h4-10H,3H2,1-2H3. The predicted octanol–water partition coefficient (Wildman–Crippen LogP) is 2.38. The van der Waals surface area contributed by atoms with Gasteiger partial charge in [-0.3, -0.25) is 9.00 Å². The number of carbonyl (C=O) groups excluding carboxylic acids is 1. The second-order valence-electron chi connectivity index (χ2n) is 3.96. The van der Waals surface area contributed by atoms with Crippen molar-refractivity contribution in [3.8, 4) is 0 Å². The maximum absolute atomic E-state index is 12.4. The SMILES string of the molecule is CCS(=O)c1ccccc1C(=O)c1cccn1C. The van der Waals surface area contributed by atoms with Crippen molar-refractivity contribution in [2.45, 2.75) is 11.8 Å². The third-order valence-corrected chi connectivity index (χ3v) is 4.19. The Balaban J connectivity index is 2.49. The van der Waals surface area contributed by atoms with Crippen LogP contribution in [0, 0.1) is 0 Å². The molecule has 0 bridgehead atoms. The lowest BCUT2D eigenvalue weighted by atomic mass is 10.1. The minimum absolute atomic E-state index is 0.0834. The Labute approximate surface area is 109 Å². The topological polar surface area (TPSA) is 39.1 Å². The van der Waals surface area contributed by atoms with Gasteiger partial charge in [0, 0.05) is 29.5 Å². The molecule has 0 N–H and O–H groups in total. The van der Waals surface area contributed by atoms with Crippen molar-refractivity contribution >= 4 is 16.6 Å². The average Bonchev–Trinajstić information content (AvgIpc) is 2.83. The van der Waals surface area contributed by atoms with Gasteiger partial charge in [-0.25, -0.2) is 0 Å². The van der Waals surface area contributed by atoms with Crippen LogP contribution in [-0.2, 0) is 17.8 Å². The van der Waals surface area contributed by atoms with E-state index in [1.165, 1.54) is 0 Å². The van der Waals surface area contributed by atoms with Gasteiger partial charge in [0.2, 0.25) is 5.78 Å². The Morgan fingerprint density at radius 1 is 1.22 bits per heavy atom. The molecule has 2 aromatic rings. The summed E-state index contributed by atoms with van der Waals surface area (Å²) in [5.74, 6) is 0.428. The smallest absolute Gasteiger partial charge is 0.210 e. The number of rotatable bonds is 4. The Kier molecular flexibility index (Phi) is 3.77. The molecule has 1 aromatic heterocycles. The molecule has 0 aliphatic rings. The first kappa shape index (κ1) is 12.8. The van der Waals surface area contributed by atoms with Crippen LogP contribution >= 0.6 is 0 Å². The number of benzene rings is 1. The molecule has 0 spiro atoms. The van der Waals surface area contributed by atoms with Crippen LogP contribution in [0.4, 0.5) is 0 Å². The van der Waals surface area contributed by atoms with Crippen molar-refractivity contribution in [3.05, 3.63) is 53.9 Å². The summed E-state index contributed by atoms with van der Waals surface area (Å²) >= 11 is 0. The van der Waals surface area contributed by atoms with Gasteiger partial charge in [0.1, 0.15) is 0 Å². The van der Waals surface area contributed by atoms with Crippen LogP contribution in [0.3, 0.4) is 0 Å². The number of aromatic nitrogens is 1. The molecule has 1 atom stereocenters. The Morgan fingerprint density at radius 2 is 1.94 bits per heavy atom. The zero-order chi connectivity index (χ0) is 13.1. The molecule has 0 saturated heterocycles. The fraction of sp³-hybridized carbons (Fsp3) is 0.214. The van der Waals surface area contributed by atoms with E-state index in [4.69, 9.17) is 0 Å². The van der Waals surface area contributed by atoms with Crippen LogP contribution in [0.5, 0.6) is 0 Å². The fourth-order valence-corrected chi connectivity index (χ4v) is 2.79. The molecule has 0 aliphatic carbocycles. The number of nitrogens with zero attached hydrogens (tertiary/aromatic N) is 1. The van der Waals surface area contributed by atoms with Gasteiger partial charge in [0.05, 0.1) is 16.5 Å². The second kappa shape index (κ2) is 5.31. The Bertz CT molecular complexity index is 601. The molecule has 94 valence electrons. The van der Waals surface area contributed by atoms with Gasteiger partial charge >= 0.3 is 0 Å². The lowest BCUT2D eigenvalue weighted by molar-refractivity contribution is 0.102. The number of hydrogen-bond donors (Lipinski definition) is 0. The number of hydrogen-bond acceptors (Lipinski definition) is 2. The molecule has 1 heterocycles. The Morgan fingerprint density at radius 3 is 2.56 bits per heavy atom. The fourth-order valence-electron chi connectivity index (χ4n) is 1.84. The average molecular weight is 261 g/mol. The van der Waals surface area contributed by atoms with Crippen LogP contribution in [0.1, 0.15) is 23.0 Å². The molecule has 0 saturated carbocycles. The largest absolute Gasteiger partial charge is 0.348 e. The molecule has 0 amide bonds. The molecule has 18 heavy (non-hydrogen) atoms. The summed E-state index contributed by atoms with van der Waals surface area (Å²) in [6.45, 7) is 1.85. The number of aryl methyl sites for hydroxylation is 1. The summed E-state index contributed by atoms with van der Waals surface area (Å²) in [5, 5.41) is 0. The van der Waals surface area contributed by atoms with Crippen molar-refractivity contribution in [1.29, 1.82) is 0 Å². The maximum Gasteiger partial charge on any atom is 0.210 e. The summed E-state index contributed by atoms with van der Waals surface area (Å²) < 4.78 is 13.7. The van der Waals surface area contributed by atoms with E-state index >= 15 is 0 Å². The van der Waals surface area contributed by atoms with Crippen molar-refractivity contribution < 1.29 is 9.00 Å².